The van der Waals surface area contributed by atoms with Crippen LogP contribution in [-0.2, 0) is 10.0 Å². The molecule has 2 rings (SSSR count). The van der Waals surface area contributed by atoms with E-state index in [1.807, 2.05) is 20.8 Å². The number of ether oxygens (including phenoxy) is 2. The van der Waals surface area contributed by atoms with Crippen LogP contribution >= 0.6 is 0 Å². The first kappa shape index (κ1) is 16.4. The fourth-order valence-electron chi connectivity index (χ4n) is 2.15. The Morgan fingerprint density at radius 3 is 2.27 bits per heavy atom. The number of rotatable bonds is 6. The van der Waals surface area contributed by atoms with Gasteiger partial charge in [0.25, 0.3) is 10.0 Å². The molecule has 120 valence electrons. The molecule has 0 aliphatic rings. The van der Waals surface area contributed by atoms with Gasteiger partial charge in [0.1, 0.15) is 22.2 Å². The molecule has 1 heterocycles. The van der Waals surface area contributed by atoms with Crippen molar-refractivity contribution in [3.05, 3.63) is 35.9 Å². The van der Waals surface area contributed by atoms with Gasteiger partial charge in [0.15, 0.2) is 0 Å². The molecule has 0 saturated carbocycles. The zero-order valence-corrected chi connectivity index (χ0v) is 14.0. The van der Waals surface area contributed by atoms with Crippen LogP contribution in [0.3, 0.4) is 0 Å². The number of benzene rings is 1. The number of aromatic nitrogens is 2. The van der Waals surface area contributed by atoms with Gasteiger partial charge in [-0.3, -0.25) is 0 Å². The molecule has 0 radical (unpaired) electrons. The first-order chi connectivity index (χ1) is 10.4. The highest BCUT2D eigenvalue weighted by molar-refractivity contribution is 7.90. The summed E-state index contributed by atoms with van der Waals surface area (Å²) in [4.78, 5) is 4.05. The Labute approximate surface area is 130 Å². The zero-order chi connectivity index (χ0) is 16.3. The van der Waals surface area contributed by atoms with Gasteiger partial charge in [-0.15, -0.1) is 0 Å². The molecule has 22 heavy (non-hydrogen) atoms. The first-order valence-corrected chi connectivity index (χ1v) is 8.51. The van der Waals surface area contributed by atoms with Gasteiger partial charge in [-0.2, -0.15) is 0 Å². The minimum absolute atomic E-state index is 0.0736. The van der Waals surface area contributed by atoms with Gasteiger partial charge < -0.3 is 9.47 Å². The van der Waals surface area contributed by atoms with Crippen molar-refractivity contribution in [2.75, 3.05) is 13.2 Å². The van der Waals surface area contributed by atoms with Crippen LogP contribution in [0.1, 0.15) is 25.2 Å². The molecule has 2 aromatic rings. The van der Waals surface area contributed by atoms with E-state index < -0.39 is 10.0 Å². The highest BCUT2D eigenvalue weighted by Gasteiger charge is 2.25. The maximum atomic E-state index is 12.9. The number of imidazole rings is 1. The second-order valence-corrected chi connectivity index (χ2v) is 6.49. The van der Waals surface area contributed by atoms with Gasteiger partial charge in [-0.25, -0.2) is 17.4 Å². The van der Waals surface area contributed by atoms with Crippen molar-refractivity contribution in [3.8, 4) is 11.5 Å². The first-order valence-electron chi connectivity index (χ1n) is 7.07. The standard InChI is InChI=1S/C15H20N2O4S/c1-5-20-13-10-15(14(21-6-2)9-11(13)3)22(18,19)17-8-7-16-12(17)4/h7-10H,5-6H2,1-4H3. The second kappa shape index (κ2) is 6.39. The van der Waals surface area contributed by atoms with E-state index >= 15 is 0 Å². The Morgan fingerprint density at radius 1 is 1.09 bits per heavy atom. The minimum atomic E-state index is -3.79. The average molecular weight is 324 g/mol. The summed E-state index contributed by atoms with van der Waals surface area (Å²) in [5.74, 6) is 1.24. The molecule has 0 N–H and O–H groups in total. The number of aryl methyl sites for hydroxylation is 2. The molecule has 0 bridgehead atoms. The quantitative estimate of drug-likeness (QED) is 0.816. The molecule has 7 heteroatoms. The summed E-state index contributed by atoms with van der Waals surface area (Å²) in [5, 5.41) is 0. The van der Waals surface area contributed by atoms with Crippen LogP contribution in [0.25, 0.3) is 0 Å². The largest absolute Gasteiger partial charge is 0.494 e. The molecule has 0 aliphatic carbocycles. The van der Waals surface area contributed by atoms with Crippen molar-refractivity contribution in [1.29, 1.82) is 0 Å². The highest BCUT2D eigenvalue weighted by Crippen LogP contribution is 2.33. The lowest BCUT2D eigenvalue weighted by Gasteiger charge is -2.16. The topological polar surface area (TPSA) is 70.4 Å². The zero-order valence-electron chi connectivity index (χ0n) is 13.2. The predicted octanol–water partition coefficient (Wildman–Crippen LogP) is 2.53. The smallest absolute Gasteiger partial charge is 0.272 e. The third kappa shape index (κ3) is 2.94. The summed E-state index contributed by atoms with van der Waals surface area (Å²) in [5.41, 5.74) is 0.826. The number of hydrogen-bond donors (Lipinski definition) is 0. The molecule has 0 fully saturated rings. The molecule has 0 spiro atoms. The molecule has 0 saturated heterocycles. The van der Waals surface area contributed by atoms with E-state index in [0.717, 1.165) is 9.54 Å². The summed E-state index contributed by atoms with van der Waals surface area (Å²) >= 11 is 0. The van der Waals surface area contributed by atoms with Crippen molar-refractivity contribution in [2.45, 2.75) is 32.6 Å². The van der Waals surface area contributed by atoms with Gasteiger partial charge in [0.2, 0.25) is 0 Å². The normalized spacial score (nSPS) is 11.5. The van der Waals surface area contributed by atoms with Crippen molar-refractivity contribution >= 4 is 10.0 Å². The maximum absolute atomic E-state index is 12.9. The lowest BCUT2D eigenvalue weighted by Crippen LogP contribution is -2.15. The summed E-state index contributed by atoms with van der Waals surface area (Å²) < 4.78 is 37.9. The van der Waals surface area contributed by atoms with Crippen molar-refractivity contribution < 1.29 is 17.9 Å². The molecular formula is C15H20N2O4S. The predicted molar refractivity (Wildman–Crippen MR) is 83.1 cm³/mol. The third-order valence-electron chi connectivity index (χ3n) is 3.16. The van der Waals surface area contributed by atoms with Gasteiger partial charge in [0.05, 0.1) is 13.2 Å². The molecule has 0 unspecified atom stereocenters. The maximum Gasteiger partial charge on any atom is 0.272 e. The SMILES string of the molecule is CCOc1cc(S(=O)(=O)n2ccnc2C)c(OCC)cc1C. The van der Waals surface area contributed by atoms with Gasteiger partial charge in [-0.1, -0.05) is 0 Å². The van der Waals surface area contributed by atoms with E-state index in [4.69, 9.17) is 9.47 Å². The summed E-state index contributed by atoms with van der Waals surface area (Å²) in [6, 6.07) is 3.20. The Morgan fingerprint density at radius 2 is 1.73 bits per heavy atom. The Bertz CT molecular complexity index is 766. The van der Waals surface area contributed by atoms with Crippen LogP contribution < -0.4 is 9.47 Å². The summed E-state index contributed by atoms with van der Waals surface area (Å²) in [6.07, 6.45) is 2.87. The van der Waals surface area contributed by atoms with E-state index in [0.29, 0.717) is 30.5 Å². The highest BCUT2D eigenvalue weighted by atomic mass is 32.2. The Hall–Kier alpha value is -2.02. The molecule has 6 nitrogen and oxygen atoms in total. The van der Waals surface area contributed by atoms with Gasteiger partial charge in [-0.05, 0) is 39.3 Å². The lowest BCUT2D eigenvalue weighted by atomic mass is 10.2. The lowest BCUT2D eigenvalue weighted by molar-refractivity contribution is 0.320. The minimum Gasteiger partial charge on any atom is -0.494 e. The second-order valence-electron chi connectivity index (χ2n) is 4.71. The molecule has 0 amide bonds. The molecule has 0 aliphatic heterocycles. The fourth-order valence-corrected chi connectivity index (χ4v) is 3.60. The van der Waals surface area contributed by atoms with Crippen molar-refractivity contribution in [2.24, 2.45) is 0 Å². The Balaban J connectivity index is 2.66. The van der Waals surface area contributed by atoms with E-state index in [1.54, 1.807) is 13.0 Å². The van der Waals surface area contributed by atoms with Crippen LogP contribution in [0, 0.1) is 13.8 Å². The van der Waals surface area contributed by atoms with E-state index in [9.17, 15) is 8.42 Å². The van der Waals surface area contributed by atoms with Crippen LogP contribution in [0.2, 0.25) is 0 Å². The molecule has 0 atom stereocenters. The molecule has 1 aromatic carbocycles. The van der Waals surface area contributed by atoms with Crippen LogP contribution in [0.15, 0.2) is 29.4 Å². The number of hydrogen-bond acceptors (Lipinski definition) is 5. The van der Waals surface area contributed by atoms with E-state index in [1.165, 1.54) is 18.5 Å². The summed E-state index contributed by atoms with van der Waals surface area (Å²) in [6.45, 7) is 7.98. The molecular weight excluding hydrogens is 304 g/mol. The monoisotopic (exact) mass is 324 g/mol. The van der Waals surface area contributed by atoms with Crippen molar-refractivity contribution in [1.82, 2.24) is 8.96 Å². The van der Waals surface area contributed by atoms with Crippen LogP contribution in [0.4, 0.5) is 0 Å². The summed E-state index contributed by atoms with van der Waals surface area (Å²) in [7, 11) is -3.79. The van der Waals surface area contributed by atoms with Crippen LogP contribution in [-0.4, -0.2) is 30.6 Å². The number of nitrogens with zero attached hydrogens (tertiary/aromatic N) is 2. The fraction of sp³-hybridized carbons (Fsp3) is 0.400. The average Bonchev–Trinajstić information content (AvgIpc) is 2.89. The van der Waals surface area contributed by atoms with E-state index in [2.05, 4.69) is 4.98 Å². The van der Waals surface area contributed by atoms with Crippen molar-refractivity contribution in [3.63, 3.8) is 0 Å². The van der Waals surface area contributed by atoms with Crippen LogP contribution in [0.5, 0.6) is 11.5 Å². The van der Waals surface area contributed by atoms with E-state index in [-0.39, 0.29) is 4.90 Å². The third-order valence-corrected chi connectivity index (χ3v) is 4.94. The Kier molecular flexibility index (Phi) is 4.75. The van der Waals surface area contributed by atoms with Gasteiger partial charge >= 0.3 is 0 Å². The van der Waals surface area contributed by atoms with Gasteiger partial charge in [0, 0.05) is 18.5 Å². The molecule has 1 aromatic heterocycles.